The Bertz CT molecular complexity index is 778. The van der Waals surface area contributed by atoms with Crippen molar-refractivity contribution in [3.63, 3.8) is 0 Å². The van der Waals surface area contributed by atoms with Gasteiger partial charge in [-0.25, -0.2) is 4.79 Å². The summed E-state index contributed by atoms with van der Waals surface area (Å²) in [5.41, 5.74) is 0. The van der Waals surface area contributed by atoms with Crippen molar-refractivity contribution in [3.8, 4) is 0 Å². The number of rotatable bonds is 27. The highest BCUT2D eigenvalue weighted by molar-refractivity contribution is 5.98. The first-order valence-electron chi connectivity index (χ1n) is 17.2. The Hall–Kier alpha value is -2.01. The van der Waals surface area contributed by atoms with Crippen molar-refractivity contribution in [1.29, 1.82) is 0 Å². The molecule has 256 valence electrons. The summed E-state index contributed by atoms with van der Waals surface area (Å²) in [6.07, 6.45) is 14.5. The monoisotopic (exact) mass is 627 g/mol. The average molecular weight is 628 g/mol. The van der Waals surface area contributed by atoms with E-state index in [9.17, 15) is 24.6 Å². The molecule has 1 saturated heterocycles. The summed E-state index contributed by atoms with van der Waals surface area (Å²) in [6, 6.07) is -1.13. The van der Waals surface area contributed by atoms with Crippen molar-refractivity contribution in [2.75, 3.05) is 19.8 Å². The predicted molar refractivity (Wildman–Crippen MR) is 170 cm³/mol. The predicted octanol–water partition coefficient (Wildman–Crippen LogP) is 6.29. The van der Waals surface area contributed by atoms with Crippen LogP contribution in [0.15, 0.2) is 12.7 Å². The SMILES string of the molecule is C=CCOC(=O)O[C@H]1[C@H](OCCCCCCCCCC)[C@H](NC(=O)CC(=O)CCCCCCCCCCC)[C@@H](O)O[C@@H]1CO. The number of hydrogen-bond acceptors (Lipinski definition) is 9. The number of aliphatic hydroxyl groups excluding tert-OH is 2. The summed E-state index contributed by atoms with van der Waals surface area (Å²) >= 11 is 0. The van der Waals surface area contributed by atoms with Crippen LogP contribution in [0.2, 0.25) is 0 Å². The minimum atomic E-state index is -1.55. The van der Waals surface area contributed by atoms with Gasteiger partial charge >= 0.3 is 6.16 Å². The third-order valence-corrected chi connectivity index (χ3v) is 7.95. The molecule has 0 unspecified atom stereocenters. The van der Waals surface area contributed by atoms with Gasteiger partial charge < -0.3 is 34.5 Å². The number of ether oxygens (including phenoxy) is 4. The molecule has 1 fully saturated rings. The molecule has 10 nitrogen and oxygen atoms in total. The van der Waals surface area contributed by atoms with Gasteiger partial charge in [0.05, 0.1) is 13.0 Å². The van der Waals surface area contributed by atoms with Gasteiger partial charge in [0.2, 0.25) is 5.91 Å². The number of aliphatic hydroxyl groups is 2. The molecule has 1 heterocycles. The summed E-state index contributed by atoms with van der Waals surface area (Å²) in [4.78, 5) is 37.7. The Morgan fingerprint density at radius 2 is 1.36 bits per heavy atom. The zero-order chi connectivity index (χ0) is 32.4. The van der Waals surface area contributed by atoms with E-state index in [0.29, 0.717) is 6.42 Å². The molecule has 5 atom stereocenters. The molecule has 0 aromatic rings. The average Bonchev–Trinajstić information content (AvgIpc) is 3.00. The largest absolute Gasteiger partial charge is 0.509 e. The minimum Gasteiger partial charge on any atom is -0.430 e. The van der Waals surface area contributed by atoms with Gasteiger partial charge in [0.25, 0.3) is 0 Å². The molecule has 0 saturated carbocycles. The van der Waals surface area contributed by atoms with Gasteiger partial charge in [0, 0.05) is 13.0 Å². The zero-order valence-electron chi connectivity index (χ0n) is 27.5. The van der Waals surface area contributed by atoms with E-state index in [2.05, 4.69) is 25.7 Å². The Labute approximate surface area is 265 Å². The molecule has 10 heteroatoms. The lowest BCUT2D eigenvalue weighted by Gasteiger charge is -2.43. The van der Waals surface area contributed by atoms with Crippen molar-refractivity contribution >= 4 is 17.8 Å². The van der Waals surface area contributed by atoms with E-state index >= 15 is 0 Å². The van der Waals surface area contributed by atoms with Crippen molar-refractivity contribution in [3.05, 3.63) is 12.7 Å². The second-order valence-corrected chi connectivity index (χ2v) is 11.9. The maximum absolute atomic E-state index is 12.9. The van der Waals surface area contributed by atoms with Crippen LogP contribution in [0.1, 0.15) is 136 Å². The number of Topliss-reactive ketones (excluding diaryl/α,β-unsaturated/α-hetero) is 1. The highest BCUT2D eigenvalue weighted by atomic mass is 16.7. The fraction of sp³-hybridized carbons (Fsp3) is 0.853. The number of unbranched alkanes of at least 4 members (excludes halogenated alkanes) is 15. The fourth-order valence-electron chi connectivity index (χ4n) is 5.43. The number of hydrogen-bond donors (Lipinski definition) is 3. The molecule has 0 spiro atoms. The van der Waals surface area contributed by atoms with Crippen LogP contribution in [0.3, 0.4) is 0 Å². The first-order chi connectivity index (χ1) is 21.4. The highest BCUT2D eigenvalue weighted by Crippen LogP contribution is 2.26. The van der Waals surface area contributed by atoms with Gasteiger partial charge in [-0.05, 0) is 12.8 Å². The topological polar surface area (TPSA) is 141 Å². The molecule has 1 rings (SSSR count). The van der Waals surface area contributed by atoms with Crippen molar-refractivity contribution in [2.45, 2.75) is 166 Å². The standard InChI is InChI=1S/C34H61NO9/c1-4-7-9-11-13-15-16-18-20-22-27(37)25-29(38)35-30-32(41-24-21-19-17-14-12-10-8-5-2)31(28(26-36)43-33(30)39)44-34(40)42-23-6-3/h6,28,30-33,36,39H,3-5,7-26H2,1-2H3,(H,35,38)/t28-,30+,31-,32-,33+/m1/s1. The molecule has 0 radical (unpaired) electrons. The van der Waals surface area contributed by atoms with Crippen LogP contribution >= 0.6 is 0 Å². The second kappa shape index (κ2) is 26.2. The maximum Gasteiger partial charge on any atom is 0.509 e. The quantitative estimate of drug-likeness (QED) is 0.0414. The molecule has 1 amide bonds. The van der Waals surface area contributed by atoms with E-state index in [1.807, 2.05) is 0 Å². The van der Waals surface area contributed by atoms with Crippen molar-refractivity contribution < 1.29 is 43.5 Å². The van der Waals surface area contributed by atoms with Gasteiger partial charge in [0.15, 0.2) is 12.4 Å². The molecular formula is C34H61NO9. The fourth-order valence-corrected chi connectivity index (χ4v) is 5.43. The van der Waals surface area contributed by atoms with Gasteiger partial charge in [0.1, 0.15) is 30.6 Å². The molecule has 44 heavy (non-hydrogen) atoms. The van der Waals surface area contributed by atoms with E-state index in [-0.39, 0.29) is 25.4 Å². The summed E-state index contributed by atoms with van der Waals surface area (Å²) in [6.45, 7) is 7.54. The van der Waals surface area contributed by atoms with Gasteiger partial charge in [-0.15, -0.1) is 0 Å². The molecule has 3 N–H and O–H groups in total. The normalized spacial score (nSPS) is 21.5. The lowest BCUT2D eigenvalue weighted by molar-refractivity contribution is -0.263. The first kappa shape index (κ1) is 40.0. The van der Waals surface area contributed by atoms with Crippen molar-refractivity contribution in [1.82, 2.24) is 5.32 Å². The van der Waals surface area contributed by atoms with Gasteiger partial charge in [-0.3, -0.25) is 9.59 Å². The molecule has 0 aromatic carbocycles. The maximum atomic E-state index is 12.9. The minimum absolute atomic E-state index is 0.0795. The van der Waals surface area contributed by atoms with Crippen LogP contribution in [0.4, 0.5) is 4.79 Å². The Morgan fingerprint density at radius 3 is 1.91 bits per heavy atom. The van der Waals surface area contributed by atoms with E-state index in [1.165, 1.54) is 63.9 Å². The van der Waals surface area contributed by atoms with E-state index in [0.717, 1.165) is 51.4 Å². The highest BCUT2D eigenvalue weighted by Gasteiger charge is 2.49. The summed E-state index contributed by atoms with van der Waals surface area (Å²) in [7, 11) is 0. The number of amides is 1. The molecule has 1 aliphatic heterocycles. The molecule has 0 aromatic heterocycles. The first-order valence-corrected chi connectivity index (χ1v) is 17.2. The summed E-state index contributed by atoms with van der Waals surface area (Å²) in [5.74, 6) is -0.753. The third-order valence-electron chi connectivity index (χ3n) is 7.95. The van der Waals surface area contributed by atoms with Gasteiger partial charge in [-0.2, -0.15) is 0 Å². The van der Waals surface area contributed by atoms with E-state index in [1.54, 1.807) is 0 Å². The zero-order valence-corrected chi connectivity index (χ0v) is 27.5. The molecule has 0 bridgehead atoms. The third kappa shape index (κ3) is 18.1. The van der Waals surface area contributed by atoms with Crippen LogP contribution in [0.5, 0.6) is 0 Å². The second-order valence-electron chi connectivity index (χ2n) is 11.9. The van der Waals surface area contributed by atoms with Crippen LogP contribution in [0.25, 0.3) is 0 Å². The van der Waals surface area contributed by atoms with Crippen LogP contribution < -0.4 is 5.32 Å². The number of carbonyl (C=O) groups is 3. The van der Waals surface area contributed by atoms with E-state index in [4.69, 9.17) is 18.9 Å². The van der Waals surface area contributed by atoms with Crippen LogP contribution in [-0.2, 0) is 28.5 Å². The Kier molecular flexibility index (Phi) is 23.9. The number of carbonyl (C=O) groups excluding carboxylic acids is 3. The lowest BCUT2D eigenvalue weighted by Crippen LogP contribution is -2.66. The number of nitrogens with one attached hydrogen (secondary N) is 1. The lowest BCUT2D eigenvalue weighted by atomic mass is 9.96. The number of ketones is 1. The van der Waals surface area contributed by atoms with Crippen molar-refractivity contribution in [2.24, 2.45) is 0 Å². The smallest absolute Gasteiger partial charge is 0.430 e. The van der Waals surface area contributed by atoms with Gasteiger partial charge in [-0.1, -0.05) is 123 Å². The Morgan fingerprint density at radius 1 is 0.818 bits per heavy atom. The van der Waals surface area contributed by atoms with E-state index < -0.39 is 49.3 Å². The summed E-state index contributed by atoms with van der Waals surface area (Å²) < 4.78 is 22.0. The molecular weight excluding hydrogens is 566 g/mol. The van der Waals surface area contributed by atoms with Crippen LogP contribution in [0, 0.1) is 0 Å². The molecule has 1 aliphatic rings. The summed E-state index contributed by atoms with van der Waals surface area (Å²) in [5, 5.41) is 23.3. The van der Waals surface area contributed by atoms with Crippen LogP contribution in [-0.4, -0.2) is 78.5 Å². The molecule has 0 aliphatic carbocycles. The Balaban J connectivity index is 2.69.